The highest BCUT2D eigenvalue weighted by molar-refractivity contribution is 6.32. The molecule has 0 radical (unpaired) electrons. The lowest BCUT2D eigenvalue weighted by molar-refractivity contribution is -0.112. The van der Waals surface area contributed by atoms with Crippen LogP contribution in [0.1, 0.15) is 22.3 Å². The molecule has 3 aromatic rings. The van der Waals surface area contributed by atoms with E-state index in [9.17, 15) is 10.1 Å². The molecule has 0 bridgehead atoms. The van der Waals surface area contributed by atoms with Gasteiger partial charge >= 0.3 is 0 Å². The fourth-order valence-electron chi connectivity index (χ4n) is 3.27. The SMILES string of the molecule is COc1cc(NC(=O)/C(C#N)=C/c2cc(Cl)ccc2OCc2ccc(C)c(C)c2)c(OC)cc1Cl. The first-order chi connectivity index (χ1) is 16.7. The fourth-order valence-corrected chi connectivity index (χ4v) is 3.68. The molecule has 0 aliphatic carbocycles. The summed E-state index contributed by atoms with van der Waals surface area (Å²) in [4.78, 5) is 12.9. The number of carbonyl (C=O) groups is 1. The number of hydrogen-bond donors (Lipinski definition) is 1. The number of methoxy groups -OCH3 is 2. The Morgan fingerprint density at radius 2 is 1.71 bits per heavy atom. The zero-order valence-electron chi connectivity index (χ0n) is 19.7. The summed E-state index contributed by atoms with van der Waals surface area (Å²) < 4.78 is 16.5. The van der Waals surface area contributed by atoms with Crippen molar-refractivity contribution in [1.82, 2.24) is 0 Å². The van der Waals surface area contributed by atoms with Gasteiger partial charge in [-0.3, -0.25) is 4.79 Å². The average molecular weight is 511 g/mol. The second kappa shape index (κ2) is 11.7. The molecule has 0 atom stereocenters. The maximum Gasteiger partial charge on any atom is 0.266 e. The van der Waals surface area contributed by atoms with Crippen molar-refractivity contribution in [3.05, 3.63) is 86.4 Å². The third-order valence-electron chi connectivity index (χ3n) is 5.32. The molecule has 0 unspecified atom stereocenters. The highest BCUT2D eigenvalue weighted by Crippen LogP contribution is 2.36. The summed E-state index contributed by atoms with van der Waals surface area (Å²) in [5.74, 6) is 0.512. The molecule has 35 heavy (non-hydrogen) atoms. The molecule has 0 aliphatic heterocycles. The molecule has 8 heteroatoms. The lowest BCUT2D eigenvalue weighted by Gasteiger charge is -2.13. The molecular weight excluding hydrogens is 487 g/mol. The number of carbonyl (C=O) groups excluding carboxylic acids is 1. The van der Waals surface area contributed by atoms with E-state index in [0.29, 0.717) is 45.2 Å². The van der Waals surface area contributed by atoms with E-state index in [1.54, 1.807) is 18.2 Å². The summed E-state index contributed by atoms with van der Waals surface area (Å²) in [5.41, 5.74) is 4.01. The molecule has 6 nitrogen and oxygen atoms in total. The van der Waals surface area contributed by atoms with Crippen molar-refractivity contribution in [3.63, 3.8) is 0 Å². The van der Waals surface area contributed by atoms with E-state index in [2.05, 4.69) is 11.4 Å². The van der Waals surface area contributed by atoms with Gasteiger partial charge in [-0.05, 0) is 54.8 Å². The number of halogens is 2. The Labute approximate surface area is 214 Å². The number of ether oxygens (including phenoxy) is 3. The van der Waals surface area contributed by atoms with E-state index in [0.717, 1.165) is 5.56 Å². The van der Waals surface area contributed by atoms with Gasteiger partial charge in [0.1, 0.15) is 35.5 Å². The Balaban J connectivity index is 1.88. The van der Waals surface area contributed by atoms with E-state index in [-0.39, 0.29) is 5.57 Å². The van der Waals surface area contributed by atoms with Gasteiger partial charge in [-0.15, -0.1) is 0 Å². The minimum absolute atomic E-state index is 0.153. The zero-order chi connectivity index (χ0) is 25.5. The van der Waals surface area contributed by atoms with Gasteiger partial charge in [-0.1, -0.05) is 41.4 Å². The van der Waals surface area contributed by atoms with E-state index in [4.69, 9.17) is 37.4 Å². The van der Waals surface area contributed by atoms with Crippen molar-refractivity contribution in [3.8, 4) is 23.3 Å². The van der Waals surface area contributed by atoms with E-state index < -0.39 is 5.91 Å². The van der Waals surface area contributed by atoms with Gasteiger partial charge < -0.3 is 19.5 Å². The fraction of sp³-hybridized carbons (Fsp3) is 0.185. The number of nitriles is 1. The second-order valence-electron chi connectivity index (χ2n) is 7.70. The van der Waals surface area contributed by atoms with Crippen LogP contribution >= 0.6 is 23.2 Å². The quantitative estimate of drug-likeness (QED) is 0.267. The van der Waals surface area contributed by atoms with Crippen molar-refractivity contribution in [1.29, 1.82) is 5.26 Å². The molecule has 1 amide bonds. The molecule has 0 aliphatic rings. The van der Waals surface area contributed by atoms with Crippen LogP contribution in [0, 0.1) is 25.2 Å². The number of anilines is 1. The number of hydrogen-bond acceptors (Lipinski definition) is 5. The molecule has 0 aromatic heterocycles. The summed E-state index contributed by atoms with van der Waals surface area (Å²) in [7, 11) is 2.90. The van der Waals surface area contributed by atoms with Crippen molar-refractivity contribution in [2.75, 3.05) is 19.5 Å². The van der Waals surface area contributed by atoms with Crippen molar-refractivity contribution < 1.29 is 19.0 Å². The minimum Gasteiger partial charge on any atom is -0.495 e. The third kappa shape index (κ3) is 6.48. The first-order valence-corrected chi connectivity index (χ1v) is 11.3. The Kier molecular flexibility index (Phi) is 8.64. The Morgan fingerprint density at radius 1 is 0.971 bits per heavy atom. The molecule has 0 saturated heterocycles. The van der Waals surface area contributed by atoms with E-state index in [1.807, 2.05) is 32.0 Å². The molecule has 0 saturated carbocycles. The maximum atomic E-state index is 12.9. The standard InChI is InChI=1S/C27H24Cl2N2O4/c1-16-5-6-18(9-17(16)2)15-35-24-8-7-21(28)11-19(24)10-20(14-30)27(32)31-23-13-25(33-3)22(29)12-26(23)34-4/h5-13H,15H2,1-4H3,(H,31,32)/b20-10+. The molecule has 3 rings (SSSR count). The number of benzene rings is 3. The Bertz CT molecular complexity index is 1330. The number of aryl methyl sites for hydroxylation is 2. The largest absolute Gasteiger partial charge is 0.495 e. The van der Waals surface area contributed by atoms with Crippen LogP contribution in [0.5, 0.6) is 17.2 Å². The summed E-state index contributed by atoms with van der Waals surface area (Å²) in [6.07, 6.45) is 1.43. The van der Waals surface area contributed by atoms with Crippen LogP contribution in [-0.4, -0.2) is 20.1 Å². The predicted octanol–water partition coefficient (Wildman–Crippen LogP) is 6.75. The first-order valence-electron chi connectivity index (χ1n) is 10.6. The smallest absolute Gasteiger partial charge is 0.266 e. The molecular formula is C27H24Cl2N2O4. The predicted molar refractivity (Wildman–Crippen MR) is 138 cm³/mol. The second-order valence-corrected chi connectivity index (χ2v) is 8.54. The van der Waals surface area contributed by atoms with Crippen molar-refractivity contribution >= 4 is 40.9 Å². The number of amides is 1. The monoisotopic (exact) mass is 510 g/mol. The molecule has 0 heterocycles. The number of rotatable bonds is 8. The van der Waals surface area contributed by atoms with Crippen molar-refractivity contribution in [2.24, 2.45) is 0 Å². The summed E-state index contributed by atoms with van der Waals surface area (Å²) >= 11 is 12.3. The number of nitrogens with zero attached hydrogens (tertiary/aromatic N) is 1. The average Bonchev–Trinajstić information content (AvgIpc) is 2.84. The Morgan fingerprint density at radius 3 is 2.37 bits per heavy atom. The molecule has 0 fully saturated rings. The molecule has 0 spiro atoms. The summed E-state index contributed by atoms with van der Waals surface area (Å²) in [6, 6.07) is 16.1. The highest BCUT2D eigenvalue weighted by atomic mass is 35.5. The van der Waals surface area contributed by atoms with Crippen molar-refractivity contribution in [2.45, 2.75) is 20.5 Å². The molecule has 3 aromatic carbocycles. The lowest BCUT2D eigenvalue weighted by Crippen LogP contribution is -2.14. The van der Waals surface area contributed by atoms with Crippen LogP contribution in [-0.2, 0) is 11.4 Å². The third-order valence-corrected chi connectivity index (χ3v) is 5.85. The van der Waals surface area contributed by atoms with Crippen LogP contribution in [0.2, 0.25) is 10.0 Å². The van der Waals surface area contributed by atoms with Gasteiger partial charge in [0, 0.05) is 22.7 Å². The summed E-state index contributed by atoms with van der Waals surface area (Å²) in [5, 5.41) is 13.1. The summed E-state index contributed by atoms with van der Waals surface area (Å²) in [6.45, 7) is 4.41. The van der Waals surface area contributed by atoms with E-state index >= 15 is 0 Å². The van der Waals surface area contributed by atoms with Crippen LogP contribution < -0.4 is 19.5 Å². The normalized spacial score (nSPS) is 10.9. The van der Waals surface area contributed by atoms with E-state index in [1.165, 1.54) is 43.6 Å². The van der Waals surface area contributed by atoms with Crippen LogP contribution in [0.15, 0.2) is 54.1 Å². The lowest BCUT2D eigenvalue weighted by atomic mass is 10.1. The number of nitrogens with one attached hydrogen (secondary N) is 1. The van der Waals surface area contributed by atoms with Gasteiger partial charge in [0.05, 0.1) is 24.9 Å². The van der Waals surface area contributed by atoms with Gasteiger partial charge in [-0.25, -0.2) is 0 Å². The minimum atomic E-state index is -0.643. The van der Waals surface area contributed by atoms with Gasteiger partial charge in [0.25, 0.3) is 5.91 Å². The van der Waals surface area contributed by atoms with Crippen LogP contribution in [0.4, 0.5) is 5.69 Å². The van der Waals surface area contributed by atoms with Gasteiger partial charge in [0.15, 0.2) is 0 Å². The maximum absolute atomic E-state index is 12.9. The van der Waals surface area contributed by atoms with Gasteiger partial charge in [-0.2, -0.15) is 5.26 Å². The first kappa shape index (κ1) is 26.0. The molecule has 1 N–H and O–H groups in total. The highest BCUT2D eigenvalue weighted by Gasteiger charge is 2.16. The zero-order valence-corrected chi connectivity index (χ0v) is 21.3. The van der Waals surface area contributed by atoms with Gasteiger partial charge in [0.2, 0.25) is 0 Å². The molecule has 180 valence electrons. The van der Waals surface area contributed by atoms with Crippen LogP contribution in [0.25, 0.3) is 6.08 Å². The van der Waals surface area contributed by atoms with Crippen LogP contribution in [0.3, 0.4) is 0 Å². The topological polar surface area (TPSA) is 80.6 Å². The Hall–Kier alpha value is -3.66.